The highest BCUT2D eigenvalue weighted by Crippen LogP contribution is 2.27. The number of hydrogen-bond acceptors (Lipinski definition) is 2. The van der Waals surface area contributed by atoms with Gasteiger partial charge in [0.2, 0.25) is 0 Å². The lowest BCUT2D eigenvalue weighted by Crippen LogP contribution is -1.62. The van der Waals surface area contributed by atoms with Crippen molar-refractivity contribution in [2.45, 2.75) is 0 Å². The Balaban J connectivity index is 3.15. The molecule has 0 N–H and O–H groups in total. The monoisotopic (exact) mass is 267 g/mol. The minimum absolute atomic E-state index is 0.856. The highest BCUT2D eigenvalue weighted by molar-refractivity contribution is 9.11. The van der Waals surface area contributed by atoms with Gasteiger partial charge in [-0.1, -0.05) is 6.58 Å². The van der Waals surface area contributed by atoms with E-state index in [1.807, 2.05) is 0 Å². The Morgan fingerprint density at radius 2 is 2.22 bits per heavy atom. The van der Waals surface area contributed by atoms with Crippen LogP contribution in [-0.2, 0) is 0 Å². The van der Waals surface area contributed by atoms with Gasteiger partial charge in [0.05, 0.1) is 4.88 Å². The summed E-state index contributed by atoms with van der Waals surface area (Å²) in [4.78, 5) is 5.12. The molecule has 0 aromatic carbocycles. The highest BCUT2D eigenvalue weighted by Gasteiger charge is 2.01. The second-order valence-electron chi connectivity index (χ2n) is 1.33. The van der Waals surface area contributed by atoms with Crippen molar-refractivity contribution in [3.05, 3.63) is 20.0 Å². The second kappa shape index (κ2) is 2.94. The Morgan fingerprint density at radius 1 is 1.56 bits per heavy atom. The molecular weight excluding hydrogens is 266 g/mol. The Hall–Kier alpha value is 0.330. The van der Waals surface area contributed by atoms with Gasteiger partial charge in [0.25, 0.3) is 0 Å². The van der Waals surface area contributed by atoms with Crippen LogP contribution in [0.1, 0.15) is 4.88 Å². The van der Waals surface area contributed by atoms with Crippen molar-refractivity contribution in [2.75, 3.05) is 0 Å². The topological polar surface area (TPSA) is 12.9 Å². The van der Waals surface area contributed by atoms with Crippen LogP contribution in [0.4, 0.5) is 0 Å². The van der Waals surface area contributed by atoms with Crippen LogP contribution in [0.5, 0.6) is 0 Å². The third-order valence-corrected chi connectivity index (χ3v) is 3.14. The van der Waals surface area contributed by atoms with Crippen LogP contribution in [0, 0.1) is 0 Å². The summed E-state index contributed by atoms with van der Waals surface area (Å²) in [5, 5.41) is 0. The van der Waals surface area contributed by atoms with Crippen molar-refractivity contribution in [3.8, 4) is 0 Å². The number of nitrogens with zero attached hydrogens (tertiary/aromatic N) is 1. The van der Waals surface area contributed by atoms with E-state index >= 15 is 0 Å². The molecule has 0 unspecified atom stereocenters. The number of thiazole rings is 1. The van der Waals surface area contributed by atoms with Crippen LogP contribution >= 0.6 is 43.2 Å². The summed E-state index contributed by atoms with van der Waals surface area (Å²) in [6, 6.07) is 0. The number of rotatable bonds is 1. The summed E-state index contributed by atoms with van der Waals surface area (Å²) in [5.74, 6) is 0. The minimum Gasteiger partial charge on any atom is -0.222 e. The predicted octanol–water partition coefficient (Wildman–Crippen LogP) is 3.31. The molecule has 0 aliphatic heterocycles. The van der Waals surface area contributed by atoms with Crippen LogP contribution < -0.4 is 0 Å². The molecule has 0 bridgehead atoms. The van der Waals surface area contributed by atoms with Gasteiger partial charge in [-0.15, -0.1) is 11.3 Å². The van der Waals surface area contributed by atoms with E-state index in [1.165, 1.54) is 0 Å². The molecule has 1 aromatic rings. The van der Waals surface area contributed by atoms with Crippen molar-refractivity contribution in [1.82, 2.24) is 4.98 Å². The molecule has 48 valence electrons. The molecule has 0 saturated heterocycles. The first-order chi connectivity index (χ1) is 4.24. The summed E-state index contributed by atoms with van der Waals surface area (Å²) < 4.78 is 1.73. The van der Waals surface area contributed by atoms with E-state index in [9.17, 15) is 0 Å². The van der Waals surface area contributed by atoms with Crippen molar-refractivity contribution >= 4 is 49.3 Å². The van der Waals surface area contributed by atoms with Gasteiger partial charge in [-0.25, -0.2) is 4.98 Å². The van der Waals surface area contributed by atoms with Gasteiger partial charge in [0, 0.05) is 0 Å². The van der Waals surface area contributed by atoms with Gasteiger partial charge in [0.1, 0.15) is 4.60 Å². The van der Waals surface area contributed by atoms with E-state index in [4.69, 9.17) is 0 Å². The van der Waals surface area contributed by atoms with Gasteiger partial charge in [0.15, 0.2) is 3.92 Å². The third-order valence-electron chi connectivity index (χ3n) is 0.769. The molecule has 1 aromatic heterocycles. The van der Waals surface area contributed by atoms with Crippen molar-refractivity contribution in [2.24, 2.45) is 0 Å². The molecule has 1 heterocycles. The van der Waals surface area contributed by atoms with E-state index in [0.29, 0.717) is 0 Å². The van der Waals surface area contributed by atoms with Crippen molar-refractivity contribution < 1.29 is 0 Å². The van der Waals surface area contributed by atoms with Crippen LogP contribution in [-0.4, -0.2) is 4.98 Å². The molecule has 0 aliphatic carbocycles. The molecule has 9 heavy (non-hydrogen) atoms. The van der Waals surface area contributed by atoms with Gasteiger partial charge in [-0.05, 0) is 37.9 Å². The number of halogens is 2. The van der Waals surface area contributed by atoms with Crippen LogP contribution in [0.2, 0.25) is 0 Å². The van der Waals surface area contributed by atoms with E-state index in [1.54, 1.807) is 17.4 Å². The van der Waals surface area contributed by atoms with Crippen LogP contribution in [0.3, 0.4) is 0 Å². The Labute approximate surface area is 74.1 Å². The Morgan fingerprint density at radius 3 is 2.44 bits per heavy atom. The summed E-state index contributed by atoms with van der Waals surface area (Å²) in [6.07, 6.45) is 1.77. The lowest BCUT2D eigenvalue weighted by atomic mass is 10.5. The maximum absolute atomic E-state index is 4.06. The molecule has 4 heteroatoms. The molecule has 0 amide bonds. The number of aromatic nitrogens is 1. The van der Waals surface area contributed by atoms with E-state index in [0.717, 1.165) is 13.4 Å². The quantitative estimate of drug-likeness (QED) is 0.762. The summed E-state index contributed by atoms with van der Waals surface area (Å²) in [5.41, 5.74) is 0. The molecular formula is C5H3Br2NS. The largest absolute Gasteiger partial charge is 0.222 e. The average molecular weight is 269 g/mol. The Kier molecular flexibility index (Phi) is 2.43. The van der Waals surface area contributed by atoms with Crippen molar-refractivity contribution in [1.29, 1.82) is 0 Å². The first-order valence-electron chi connectivity index (χ1n) is 2.18. The van der Waals surface area contributed by atoms with Gasteiger partial charge in [-0.3, -0.25) is 0 Å². The molecule has 0 radical (unpaired) electrons. The predicted molar refractivity (Wildman–Crippen MR) is 47.6 cm³/mol. The van der Waals surface area contributed by atoms with E-state index < -0.39 is 0 Å². The molecule has 0 aliphatic rings. The molecule has 0 atom stereocenters. The van der Waals surface area contributed by atoms with Crippen LogP contribution in [0.25, 0.3) is 6.08 Å². The smallest absolute Gasteiger partial charge is 0.160 e. The zero-order chi connectivity index (χ0) is 6.85. The second-order valence-corrected chi connectivity index (χ2v) is 4.38. The zero-order valence-electron chi connectivity index (χ0n) is 4.40. The van der Waals surface area contributed by atoms with E-state index in [2.05, 4.69) is 43.4 Å². The van der Waals surface area contributed by atoms with Crippen LogP contribution in [0.15, 0.2) is 15.1 Å². The highest BCUT2D eigenvalue weighted by atomic mass is 79.9. The van der Waals surface area contributed by atoms with Gasteiger partial charge in [-0.2, -0.15) is 0 Å². The third kappa shape index (κ3) is 1.63. The Bertz CT molecular complexity index is 231. The van der Waals surface area contributed by atoms with Gasteiger partial charge >= 0.3 is 0 Å². The molecule has 0 fully saturated rings. The lowest BCUT2D eigenvalue weighted by Gasteiger charge is -1.78. The minimum atomic E-state index is 0.856. The first-order valence-corrected chi connectivity index (χ1v) is 4.58. The zero-order valence-corrected chi connectivity index (χ0v) is 8.38. The molecule has 0 spiro atoms. The van der Waals surface area contributed by atoms with Gasteiger partial charge < -0.3 is 0 Å². The SMILES string of the molecule is C=Cc1sc(Br)nc1Br. The number of hydrogen-bond donors (Lipinski definition) is 0. The fourth-order valence-electron chi connectivity index (χ4n) is 0.414. The van der Waals surface area contributed by atoms with Crippen molar-refractivity contribution in [3.63, 3.8) is 0 Å². The maximum atomic E-state index is 4.06. The average Bonchev–Trinajstić information content (AvgIpc) is 2.10. The maximum Gasteiger partial charge on any atom is 0.160 e. The normalized spacial score (nSPS) is 9.56. The molecule has 1 nitrogen and oxygen atoms in total. The fourth-order valence-corrected chi connectivity index (χ4v) is 2.58. The van der Waals surface area contributed by atoms with E-state index in [-0.39, 0.29) is 0 Å². The fraction of sp³-hybridized carbons (Fsp3) is 0. The summed E-state index contributed by atoms with van der Waals surface area (Å²) in [6.45, 7) is 3.62. The molecule has 1 rings (SSSR count). The standard InChI is InChI=1S/C5H3Br2NS/c1-2-3-4(6)8-5(7)9-3/h2H,1H2. The molecule has 0 saturated carbocycles. The lowest BCUT2D eigenvalue weighted by molar-refractivity contribution is 1.32. The summed E-state index contributed by atoms with van der Waals surface area (Å²) in [7, 11) is 0. The first kappa shape index (κ1) is 7.44. The summed E-state index contributed by atoms with van der Waals surface area (Å²) >= 11 is 8.08.